The topological polar surface area (TPSA) is 125 Å². The quantitative estimate of drug-likeness (QED) is 0.497. The minimum Gasteiger partial charge on any atom is -0.384 e. The second kappa shape index (κ2) is 4.97. The van der Waals surface area contributed by atoms with Gasteiger partial charge in [-0.2, -0.15) is 5.10 Å². The third-order valence-electron chi connectivity index (χ3n) is 2.87. The molecule has 0 bridgehead atoms. The summed E-state index contributed by atoms with van der Waals surface area (Å²) in [6.07, 6.45) is 1.25. The Hall–Kier alpha value is -2.35. The monoisotopic (exact) mass is 293 g/mol. The van der Waals surface area contributed by atoms with Gasteiger partial charge in [-0.1, -0.05) is 12.1 Å². The molecular formula is C12H15N5O2S. The lowest BCUT2D eigenvalue weighted by Gasteiger charge is -2.11. The normalized spacial score (nSPS) is 11.3. The number of aromatic amines is 1. The van der Waals surface area contributed by atoms with Gasteiger partial charge in [-0.05, 0) is 25.5 Å². The summed E-state index contributed by atoms with van der Waals surface area (Å²) in [6, 6.07) is 4.90. The number of nitrogens with one attached hydrogen (secondary N) is 3. The van der Waals surface area contributed by atoms with Crippen LogP contribution in [-0.4, -0.2) is 24.5 Å². The van der Waals surface area contributed by atoms with Crippen LogP contribution in [0.4, 0.5) is 5.69 Å². The third-order valence-corrected chi connectivity index (χ3v) is 4.35. The lowest BCUT2D eigenvalue weighted by atomic mass is 10.1. The van der Waals surface area contributed by atoms with E-state index in [1.165, 1.54) is 12.3 Å². The van der Waals surface area contributed by atoms with Crippen molar-refractivity contribution >= 4 is 21.5 Å². The zero-order chi connectivity index (χ0) is 14.9. The van der Waals surface area contributed by atoms with E-state index in [0.717, 1.165) is 5.56 Å². The molecule has 0 radical (unpaired) electrons. The first-order valence-electron chi connectivity index (χ1n) is 5.79. The van der Waals surface area contributed by atoms with Gasteiger partial charge in [0.15, 0.2) is 0 Å². The van der Waals surface area contributed by atoms with Crippen LogP contribution in [0, 0.1) is 19.3 Å². The molecule has 0 saturated carbocycles. The lowest BCUT2D eigenvalue weighted by Crippen LogP contribution is -2.16. The molecule has 7 nitrogen and oxygen atoms in total. The minimum atomic E-state index is -3.72. The van der Waals surface area contributed by atoms with Crippen molar-refractivity contribution in [1.82, 2.24) is 10.2 Å². The number of rotatable bonds is 4. The summed E-state index contributed by atoms with van der Waals surface area (Å²) in [5, 5.41) is 13.7. The number of anilines is 1. The van der Waals surface area contributed by atoms with E-state index in [9.17, 15) is 8.42 Å². The number of hydrogen-bond acceptors (Lipinski definition) is 4. The van der Waals surface area contributed by atoms with Crippen LogP contribution in [0.2, 0.25) is 0 Å². The first-order valence-corrected chi connectivity index (χ1v) is 7.27. The van der Waals surface area contributed by atoms with Crippen LogP contribution in [0.1, 0.15) is 16.8 Å². The maximum absolute atomic E-state index is 12.3. The van der Waals surface area contributed by atoms with Crippen molar-refractivity contribution in [1.29, 1.82) is 5.41 Å². The molecular weight excluding hydrogens is 278 g/mol. The maximum atomic E-state index is 12.3. The van der Waals surface area contributed by atoms with Crippen molar-refractivity contribution < 1.29 is 8.42 Å². The average Bonchev–Trinajstić information content (AvgIpc) is 2.78. The van der Waals surface area contributed by atoms with Gasteiger partial charge in [0, 0.05) is 5.56 Å². The number of benzene rings is 1. The summed E-state index contributed by atoms with van der Waals surface area (Å²) in [4.78, 5) is 0.0881. The molecule has 1 heterocycles. The highest BCUT2D eigenvalue weighted by molar-refractivity contribution is 7.92. The van der Waals surface area contributed by atoms with Crippen molar-refractivity contribution in [3.63, 3.8) is 0 Å². The fourth-order valence-electron chi connectivity index (χ4n) is 1.71. The first kappa shape index (κ1) is 14.1. The van der Waals surface area contributed by atoms with Crippen LogP contribution in [-0.2, 0) is 10.0 Å². The maximum Gasteiger partial charge on any atom is 0.265 e. The van der Waals surface area contributed by atoms with E-state index < -0.39 is 10.0 Å². The average molecular weight is 293 g/mol. The molecule has 0 spiro atoms. The Kier molecular flexibility index (Phi) is 3.49. The number of amidine groups is 1. The van der Waals surface area contributed by atoms with Gasteiger partial charge in [-0.25, -0.2) is 8.42 Å². The summed E-state index contributed by atoms with van der Waals surface area (Å²) >= 11 is 0. The van der Waals surface area contributed by atoms with Crippen LogP contribution in [0.25, 0.3) is 0 Å². The number of H-pyrrole nitrogens is 1. The summed E-state index contributed by atoms with van der Waals surface area (Å²) in [5.74, 6) is -0.120. The molecule has 106 valence electrons. The van der Waals surface area contributed by atoms with Crippen molar-refractivity contribution in [3.05, 3.63) is 41.2 Å². The van der Waals surface area contributed by atoms with Gasteiger partial charge in [0.25, 0.3) is 10.0 Å². The van der Waals surface area contributed by atoms with Crippen LogP contribution in [0.3, 0.4) is 0 Å². The van der Waals surface area contributed by atoms with Gasteiger partial charge < -0.3 is 5.73 Å². The smallest absolute Gasteiger partial charge is 0.265 e. The molecule has 20 heavy (non-hydrogen) atoms. The van der Waals surface area contributed by atoms with Crippen molar-refractivity contribution in [2.75, 3.05) is 4.72 Å². The molecule has 0 amide bonds. The van der Waals surface area contributed by atoms with E-state index in [1.54, 1.807) is 26.0 Å². The van der Waals surface area contributed by atoms with E-state index in [4.69, 9.17) is 11.1 Å². The zero-order valence-corrected chi connectivity index (χ0v) is 11.9. The fourth-order valence-corrected chi connectivity index (χ4v) is 2.97. The lowest BCUT2D eigenvalue weighted by molar-refractivity contribution is 0.600. The number of nitrogens with two attached hydrogens (primary N) is 1. The highest BCUT2D eigenvalue weighted by atomic mass is 32.2. The minimum absolute atomic E-state index is 0.0881. The Bertz CT molecular complexity index is 764. The highest BCUT2D eigenvalue weighted by Gasteiger charge is 2.19. The molecule has 2 rings (SSSR count). The number of nitrogens with zero attached hydrogens (tertiary/aromatic N) is 1. The number of sulfonamides is 1. The number of nitrogen functional groups attached to an aromatic ring is 1. The summed E-state index contributed by atoms with van der Waals surface area (Å²) < 4.78 is 27.0. The third kappa shape index (κ3) is 2.64. The van der Waals surface area contributed by atoms with Crippen molar-refractivity contribution in [2.45, 2.75) is 18.7 Å². The van der Waals surface area contributed by atoms with Crippen LogP contribution >= 0.6 is 0 Å². The summed E-state index contributed by atoms with van der Waals surface area (Å²) in [5.41, 5.74) is 7.44. The van der Waals surface area contributed by atoms with Gasteiger partial charge in [0.1, 0.15) is 10.7 Å². The highest BCUT2D eigenvalue weighted by Crippen LogP contribution is 2.21. The molecule has 5 N–H and O–H groups in total. The van der Waals surface area contributed by atoms with E-state index >= 15 is 0 Å². The Labute approximate surface area is 116 Å². The first-order chi connectivity index (χ1) is 9.31. The Morgan fingerprint density at radius 1 is 1.40 bits per heavy atom. The standard InChI is InChI=1S/C12H15N5O2S/c1-7-3-4-9(12(13)14)5-10(7)17-20(18,19)11-6-15-16-8(11)2/h3-6,17H,1-2H3,(H3,13,14)(H,15,16). The molecule has 0 aliphatic heterocycles. The molecule has 0 atom stereocenters. The summed E-state index contributed by atoms with van der Waals surface area (Å²) in [6.45, 7) is 3.39. The second-order valence-corrected chi connectivity index (χ2v) is 6.06. The number of aromatic nitrogens is 2. The molecule has 1 aromatic carbocycles. The molecule has 0 saturated heterocycles. The van der Waals surface area contributed by atoms with Gasteiger partial charge in [0.2, 0.25) is 0 Å². The molecule has 8 heteroatoms. The van der Waals surface area contributed by atoms with Gasteiger partial charge in [-0.3, -0.25) is 15.2 Å². The Morgan fingerprint density at radius 2 is 2.10 bits per heavy atom. The molecule has 2 aromatic rings. The van der Waals surface area contributed by atoms with Crippen LogP contribution < -0.4 is 10.5 Å². The molecule has 0 aliphatic rings. The zero-order valence-electron chi connectivity index (χ0n) is 11.1. The van der Waals surface area contributed by atoms with Crippen molar-refractivity contribution in [2.24, 2.45) is 5.73 Å². The second-order valence-electron chi connectivity index (χ2n) is 4.41. The predicted octanol–water partition coefficient (Wildman–Crippen LogP) is 1.11. The SMILES string of the molecule is Cc1ccc(C(=N)N)cc1NS(=O)(=O)c1cn[nH]c1C. The van der Waals surface area contributed by atoms with E-state index in [1.807, 2.05) is 0 Å². The number of aryl methyl sites for hydroxylation is 2. The van der Waals surface area contributed by atoms with Gasteiger partial charge >= 0.3 is 0 Å². The Balaban J connectivity index is 2.42. The van der Waals surface area contributed by atoms with E-state index in [-0.39, 0.29) is 10.7 Å². The summed E-state index contributed by atoms with van der Waals surface area (Å²) in [7, 11) is -3.72. The van der Waals surface area contributed by atoms with Gasteiger partial charge in [-0.15, -0.1) is 0 Å². The largest absolute Gasteiger partial charge is 0.384 e. The molecule has 0 fully saturated rings. The molecule has 1 aromatic heterocycles. The fraction of sp³-hybridized carbons (Fsp3) is 0.167. The molecule has 0 aliphatic carbocycles. The predicted molar refractivity (Wildman–Crippen MR) is 76.3 cm³/mol. The van der Waals surface area contributed by atoms with E-state index in [0.29, 0.717) is 16.9 Å². The molecule has 0 unspecified atom stereocenters. The van der Waals surface area contributed by atoms with Crippen LogP contribution in [0.5, 0.6) is 0 Å². The Morgan fingerprint density at radius 3 is 2.65 bits per heavy atom. The van der Waals surface area contributed by atoms with Gasteiger partial charge in [0.05, 0.1) is 17.6 Å². The van der Waals surface area contributed by atoms with Crippen molar-refractivity contribution in [3.8, 4) is 0 Å². The number of hydrogen-bond donors (Lipinski definition) is 4. The van der Waals surface area contributed by atoms with E-state index in [2.05, 4.69) is 14.9 Å². The van der Waals surface area contributed by atoms with Crippen LogP contribution in [0.15, 0.2) is 29.3 Å².